The Kier molecular flexibility index (Phi) is 4.22. The Morgan fingerprint density at radius 1 is 1.21 bits per heavy atom. The Morgan fingerprint density at radius 2 is 1.89 bits per heavy atom. The van der Waals surface area contributed by atoms with Crippen LogP contribution in [0.2, 0.25) is 0 Å². The molecule has 3 nitrogen and oxygen atoms in total. The maximum absolute atomic E-state index is 12.0. The van der Waals surface area contributed by atoms with Crippen molar-refractivity contribution < 1.29 is 14.6 Å². The van der Waals surface area contributed by atoms with Gasteiger partial charge in [-0.15, -0.1) is 0 Å². The van der Waals surface area contributed by atoms with Crippen LogP contribution in [0.15, 0.2) is 53.0 Å². The highest BCUT2D eigenvalue weighted by molar-refractivity contribution is 9.10. The summed E-state index contributed by atoms with van der Waals surface area (Å²) in [5.74, 6) is -0.967. The molecule has 19 heavy (non-hydrogen) atoms. The topological polar surface area (TPSA) is 46.5 Å². The fraction of sp³-hybridized carbons (Fsp3) is 0.133. The van der Waals surface area contributed by atoms with Crippen molar-refractivity contribution in [1.82, 2.24) is 0 Å². The standard InChI is InChI=1S/C15H13BrO3/c1-19-15(18)14(10-5-3-2-4-6-10)12-9-11(16)7-8-13(12)17/h2-9,14,17H,1H3. The van der Waals surface area contributed by atoms with Gasteiger partial charge in [0.2, 0.25) is 0 Å². The minimum Gasteiger partial charge on any atom is -0.508 e. The van der Waals surface area contributed by atoms with Gasteiger partial charge in [0, 0.05) is 10.0 Å². The summed E-state index contributed by atoms with van der Waals surface area (Å²) in [5.41, 5.74) is 1.30. The first kappa shape index (κ1) is 13.6. The van der Waals surface area contributed by atoms with Gasteiger partial charge in [-0.1, -0.05) is 46.3 Å². The lowest BCUT2D eigenvalue weighted by atomic mass is 9.91. The fourth-order valence-electron chi connectivity index (χ4n) is 1.96. The normalized spacial score (nSPS) is 11.9. The molecule has 0 fully saturated rings. The zero-order chi connectivity index (χ0) is 13.8. The van der Waals surface area contributed by atoms with Gasteiger partial charge in [0.05, 0.1) is 7.11 Å². The van der Waals surface area contributed by atoms with E-state index < -0.39 is 11.9 Å². The molecule has 0 saturated heterocycles. The maximum atomic E-state index is 12.0. The van der Waals surface area contributed by atoms with Crippen molar-refractivity contribution in [2.24, 2.45) is 0 Å². The second-order valence-electron chi connectivity index (χ2n) is 4.07. The number of ether oxygens (including phenoxy) is 1. The lowest BCUT2D eigenvalue weighted by molar-refractivity contribution is -0.141. The van der Waals surface area contributed by atoms with Crippen LogP contribution in [0.1, 0.15) is 17.0 Å². The molecule has 1 atom stereocenters. The van der Waals surface area contributed by atoms with Gasteiger partial charge in [-0.25, -0.2) is 0 Å². The number of benzene rings is 2. The molecule has 0 saturated carbocycles. The third-order valence-electron chi connectivity index (χ3n) is 2.87. The molecule has 98 valence electrons. The molecular weight excluding hydrogens is 308 g/mol. The number of rotatable bonds is 3. The molecule has 2 aromatic carbocycles. The molecule has 0 radical (unpaired) electrons. The number of halogens is 1. The van der Waals surface area contributed by atoms with Crippen LogP contribution in [0.3, 0.4) is 0 Å². The zero-order valence-corrected chi connectivity index (χ0v) is 11.9. The third-order valence-corrected chi connectivity index (χ3v) is 3.36. The minimum atomic E-state index is -0.635. The predicted octanol–water partition coefficient (Wildman–Crippen LogP) is 3.46. The maximum Gasteiger partial charge on any atom is 0.317 e. The van der Waals surface area contributed by atoms with Crippen molar-refractivity contribution in [3.05, 3.63) is 64.1 Å². The number of carbonyl (C=O) groups excluding carboxylic acids is 1. The molecule has 0 aliphatic heterocycles. The zero-order valence-electron chi connectivity index (χ0n) is 10.3. The van der Waals surface area contributed by atoms with E-state index in [1.165, 1.54) is 7.11 Å². The number of phenols is 1. The smallest absolute Gasteiger partial charge is 0.317 e. The van der Waals surface area contributed by atoms with Crippen molar-refractivity contribution >= 4 is 21.9 Å². The quantitative estimate of drug-likeness (QED) is 0.881. The molecular formula is C15H13BrO3. The molecule has 2 rings (SSSR count). The number of methoxy groups -OCH3 is 1. The number of hydrogen-bond donors (Lipinski definition) is 1. The summed E-state index contributed by atoms with van der Waals surface area (Å²) in [6.45, 7) is 0. The molecule has 4 heteroatoms. The van der Waals surface area contributed by atoms with Crippen LogP contribution < -0.4 is 0 Å². The van der Waals surface area contributed by atoms with Crippen LogP contribution in [0.25, 0.3) is 0 Å². The molecule has 1 N–H and O–H groups in total. The van der Waals surface area contributed by atoms with Crippen molar-refractivity contribution in [1.29, 1.82) is 0 Å². The van der Waals surface area contributed by atoms with Gasteiger partial charge in [0.1, 0.15) is 11.7 Å². The summed E-state index contributed by atoms with van der Waals surface area (Å²) in [7, 11) is 1.34. The third kappa shape index (κ3) is 2.96. The fourth-order valence-corrected chi connectivity index (χ4v) is 2.34. The van der Waals surface area contributed by atoms with Crippen molar-refractivity contribution in [3.8, 4) is 5.75 Å². The molecule has 0 aliphatic rings. The Balaban J connectivity index is 2.55. The van der Waals surface area contributed by atoms with E-state index in [-0.39, 0.29) is 5.75 Å². The van der Waals surface area contributed by atoms with Crippen molar-refractivity contribution in [3.63, 3.8) is 0 Å². The summed E-state index contributed by atoms with van der Waals surface area (Å²) in [5, 5.41) is 9.98. The van der Waals surface area contributed by atoms with Gasteiger partial charge < -0.3 is 9.84 Å². The average molecular weight is 321 g/mol. The van der Waals surface area contributed by atoms with Crippen LogP contribution in [-0.4, -0.2) is 18.2 Å². The SMILES string of the molecule is COC(=O)C(c1ccccc1)c1cc(Br)ccc1O. The molecule has 0 bridgehead atoms. The van der Waals surface area contributed by atoms with Crippen LogP contribution in [0.5, 0.6) is 5.75 Å². The largest absolute Gasteiger partial charge is 0.508 e. The highest BCUT2D eigenvalue weighted by Crippen LogP contribution is 2.34. The van der Waals surface area contributed by atoms with E-state index in [4.69, 9.17) is 4.74 Å². The molecule has 2 aromatic rings. The Bertz CT molecular complexity index is 581. The molecule has 0 heterocycles. The van der Waals surface area contributed by atoms with Crippen LogP contribution in [0.4, 0.5) is 0 Å². The molecule has 1 unspecified atom stereocenters. The highest BCUT2D eigenvalue weighted by Gasteiger charge is 2.26. The summed E-state index contributed by atoms with van der Waals surface area (Å²) in [6.07, 6.45) is 0. The minimum absolute atomic E-state index is 0.0717. The van der Waals surface area contributed by atoms with Gasteiger partial charge in [0.15, 0.2) is 0 Å². The summed E-state index contributed by atoms with van der Waals surface area (Å²) in [6, 6.07) is 14.2. The van der Waals surface area contributed by atoms with E-state index >= 15 is 0 Å². The Morgan fingerprint density at radius 3 is 2.53 bits per heavy atom. The van der Waals surface area contributed by atoms with Gasteiger partial charge in [-0.3, -0.25) is 4.79 Å². The van der Waals surface area contributed by atoms with Gasteiger partial charge in [-0.05, 0) is 23.8 Å². The molecule has 0 amide bonds. The summed E-state index contributed by atoms with van der Waals surface area (Å²) < 4.78 is 5.65. The number of esters is 1. The van der Waals surface area contributed by atoms with E-state index in [9.17, 15) is 9.90 Å². The van der Waals surface area contributed by atoms with E-state index in [0.29, 0.717) is 5.56 Å². The first-order valence-electron chi connectivity index (χ1n) is 5.74. The van der Waals surface area contributed by atoms with Crippen LogP contribution >= 0.6 is 15.9 Å². The van der Waals surface area contributed by atoms with E-state index in [1.807, 2.05) is 30.3 Å². The molecule has 0 aromatic heterocycles. The number of hydrogen-bond acceptors (Lipinski definition) is 3. The van der Waals surface area contributed by atoms with Gasteiger partial charge >= 0.3 is 5.97 Å². The number of carbonyl (C=O) groups is 1. The van der Waals surface area contributed by atoms with Crippen molar-refractivity contribution in [2.45, 2.75) is 5.92 Å². The van der Waals surface area contributed by atoms with E-state index in [2.05, 4.69) is 15.9 Å². The second-order valence-corrected chi connectivity index (χ2v) is 4.99. The van der Waals surface area contributed by atoms with Gasteiger partial charge in [0.25, 0.3) is 0 Å². The Hall–Kier alpha value is -1.81. The monoisotopic (exact) mass is 320 g/mol. The average Bonchev–Trinajstić information content (AvgIpc) is 2.44. The predicted molar refractivity (Wildman–Crippen MR) is 76.1 cm³/mol. The molecule has 0 aliphatic carbocycles. The summed E-state index contributed by atoms with van der Waals surface area (Å²) in [4.78, 5) is 12.0. The summed E-state index contributed by atoms with van der Waals surface area (Å²) >= 11 is 3.34. The lowest BCUT2D eigenvalue weighted by Gasteiger charge is -2.17. The molecule has 0 spiro atoms. The lowest BCUT2D eigenvalue weighted by Crippen LogP contribution is -2.15. The Labute approximate surface area is 120 Å². The first-order valence-corrected chi connectivity index (χ1v) is 6.54. The number of phenolic OH excluding ortho intramolecular Hbond substituents is 1. The van der Waals surface area contributed by atoms with E-state index in [0.717, 1.165) is 10.0 Å². The number of aromatic hydroxyl groups is 1. The van der Waals surface area contributed by atoms with Crippen LogP contribution in [-0.2, 0) is 9.53 Å². The van der Waals surface area contributed by atoms with Gasteiger partial charge in [-0.2, -0.15) is 0 Å². The van der Waals surface area contributed by atoms with Crippen LogP contribution in [0, 0.1) is 0 Å². The first-order chi connectivity index (χ1) is 9.13. The van der Waals surface area contributed by atoms with Crippen molar-refractivity contribution in [2.75, 3.05) is 7.11 Å². The highest BCUT2D eigenvalue weighted by atomic mass is 79.9. The second kappa shape index (κ2) is 5.89. The van der Waals surface area contributed by atoms with E-state index in [1.54, 1.807) is 18.2 Å².